The van der Waals surface area contributed by atoms with E-state index >= 15 is 0 Å². The van der Waals surface area contributed by atoms with E-state index in [1.165, 1.54) is 0 Å². The summed E-state index contributed by atoms with van der Waals surface area (Å²) in [7, 11) is 0. The third-order valence-electron chi connectivity index (χ3n) is 10.4. The van der Waals surface area contributed by atoms with Gasteiger partial charge in [-0.25, -0.2) is 0 Å². The molecule has 2 nitrogen and oxygen atoms in total. The smallest absolute Gasteiger partial charge is 0.141 e. The molecule has 0 saturated heterocycles. The Hall–Kier alpha value is -4.76. The highest BCUT2D eigenvalue weighted by molar-refractivity contribution is 6.00. The fraction of sp³-hybridized carbons (Fsp3) is 0.182. The third kappa shape index (κ3) is 3.90. The maximum atomic E-state index is 13.7. The molecule has 7 aromatic rings. The minimum absolute atomic E-state index is 0.718. The van der Waals surface area contributed by atoms with Crippen LogP contribution in [0.3, 0.4) is 0 Å². The molecule has 0 aliphatic heterocycles. The van der Waals surface area contributed by atoms with Gasteiger partial charge in [0.2, 0.25) is 0 Å². The van der Waals surface area contributed by atoms with Crippen LogP contribution in [0.2, 0.25) is 0 Å². The van der Waals surface area contributed by atoms with E-state index < -0.39 is 11.2 Å². The molecule has 226 valence electrons. The van der Waals surface area contributed by atoms with Crippen LogP contribution in [-0.4, -0.2) is 10.2 Å². The van der Waals surface area contributed by atoms with E-state index in [1.54, 1.807) is 0 Å². The van der Waals surface area contributed by atoms with Crippen LogP contribution >= 0.6 is 0 Å². The maximum absolute atomic E-state index is 13.7. The highest BCUT2D eigenvalue weighted by Crippen LogP contribution is 2.56. The Labute approximate surface area is 270 Å². The van der Waals surface area contributed by atoms with Crippen molar-refractivity contribution in [3.05, 3.63) is 176 Å². The molecule has 46 heavy (non-hydrogen) atoms. The second-order valence-corrected chi connectivity index (χ2v) is 13.7. The quantitative estimate of drug-likeness (QED) is 0.195. The van der Waals surface area contributed by atoms with Gasteiger partial charge in [0.05, 0.1) is 0 Å². The number of rotatable bonds is 2. The summed E-state index contributed by atoms with van der Waals surface area (Å²) in [6.45, 7) is 12.6. The number of hydrogen-bond acceptors (Lipinski definition) is 2. The minimum Gasteiger partial charge on any atom is -0.376 e. The van der Waals surface area contributed by atoms with Crippen molar-refractivity contribution in [1.29, 1.82) is 0 Å². The topological polar surface area (TPSA) is 40.5 Å². The highest BCUT2D eigenvalue weighted by atomic mass is 16.3. The first-order valence-corrected chi connectivity index (χ1v) is 16.1. The molecule has 8 rings (SSSR count). The molecule has 1 aliphatic rings. The molecule has 0 fully saturated rings. The van der Waals surface area contributed by atoms with Crippen LogP contribution in [0.5, 0.6) is 0 Å². The first-order chi connectivity index (χ1) is 22.0. The van der Waals surface area contributed by atoms with Crippen molar-refractivity contribution in [3.63, 3.8) is 0 Å². The molecule has 0 aromatic heterocycles. The number of aryl methyl sites for hydroxylation is 6. The molecule has 1 aliphatic carbocycles. The van der Waals surface area contributed by atoms with Crippen LogP contribution in [-0.2, 0) is 11.2 Å². The van der Waals surface area contributed by atoms with Gasteiger partial charge in [-0.1, -0.05) is 83.9 Å². The molecular formula is C44H38O2. The van der Waals surface area contributed by atoms with Gasteiger partial charge in [0.1, 0.15) is 11.2 Å². The molecular weight excluding hydrogens is 560 g/mol. The average Bonchev–Trinajstić information content (AvgIpc) is 3.00. The van der Waals surface area contributed by atoms with Gasteiger partial charge >= 0.3 is 0 Å². The average molecular weight is 599 g/mol. The van der Waals surface area contributed by atoms with E-state index in [-0.39, 0.29) is 0 Å². The molecule has 7 aromatic carbocycles. The summed E-state index contributed by atoms with van der Waals surface area (Å²) in [6, 6.07) is 38.2. The lowest BCUT2D eigenvalue weighted by Crippen LogP contribution is -2.45. The van der Waals surface area contributed by atoms with Crippen molar-refractivity contribution in [1.82, 2.24) is 0 Å². The van der Waals surface area contributed by atoms with Gasteiger partial charge in [-0.05, 0) is 144 Å². The summed E-state index contributed by atoms with van der Waals surface area (Å²) >= 11 is 0. The Morgan fingerprint density at radius 1 is 0.348 bits per heavy atom. The predicted octanol–water partition coefficient (Wildman–Crippen LogP) is 9.88. The lowest BCUT2D eigenvalue weighted by Gasteiger charge is -2.47. The Morgan fingerprint density at radius 3 is 0.913 bits per heavy atom. The molecule has 0 heterocycles. The van der Waals surface area contributed by atoms with E-state index in [4.69, 9.17) is 0 Å². The van der Waals surface area contributed by atoms with Crippen LogP contribution in [0, 0.1) is 41.5 Å². The molecule has 0 spiro atoms. The monoisotopic (exact) mass is 598 g/mol. The van der Waals surface area contributed by atoms with Crippen LogP contribution in [0.4, 0.5) is 0 Å². The van der Waals surface area contributed by atoms with Gasteiger partial charge in [0.15, 0.2) is 0 Å². The van der Waals surface area contributed by atoms with Crippen LogP contribution < -0.4 is 0 Å². The first kappa shape index (κ1) is 28.7. The van der Waals surface area contributed by atoms with E-state index in [0.29, 0.717) is 0 Å². The van der Waals surface area contributed by atoms with Gasteiger partial charge in [0.25, 0.3) is 0 Å². The number of aliphatic hydroxyl groups is 2. The van der Waals surface area contributed by atoms with Crippen molar-refractivity contribution < 1.29 is 10.2 Å². The molecule has 2 unspecified atom stereocenters. The van der Waals surface area contributed by atoms with Gasteiger partial charge in [0, 0.05) is 22.3 Å². The third-order valence-corrected chi connectivity index (χ3v) is 10.4. The van der Waals surface area contributed by atoms with E-state index in [0.717, 1.165) is 99.1 Å². The van der Waals surface area contributed by atoms with E-state index in [2.05, 4.69) is 139 Å². The Balaban J connectivity index is 1.62. The SMILES string of the molecule is Cc1cc(C)c(C2(O)c3cc4ccccc4cc3C(O)(c3c(C)cc(C)cc3C)c3cc4cc5ccccc5cc4cc32)c(C)c1. The zero-order chi connectivity index (χ0) is 32.1. The largest absolute Gasteiger partial charge is 0.376 e. The predicted molar refractivity (Wildman–Crippen MR) is 191 cm³/mol. The zero-order valence-electron chi connectivity index (χ0n) is 27.3. The Kier molecular flexibility index (Phi) is 6.16. The van der Waals surface area contributed by atoms with Crippen LogP contribution in [0.15, 0.2) is 109 Å². The van der Waals surface area contributed by atoms with Crippen molar-refractivity contribution in [2.75, 3.05) is 0 Å². The molecule has 0 bridgehead atoms. The van der Waals surface area contributed by atoms with Gasteiger partial charge < -0.3 is 10.2 Å². The molecule has 2 heteroatoms. The van der Waals surface area contributed by atoms with Crippen LogP contribution in [0.1, 0.15) is 66.8 Å². The summed E-state index contributed by atoms with van der Waals surface area (Å²) in [6.07, 6.45) is 0. The Bertz CT molecular complexity index is 2200. The van der Waals surface area contributed by atoms with E-state index in [1.807, 2.05) is 12.1 Å². The van der Waals surface area contributed by atoms with Crippen molar-refractivity contribution in [2.24, 2.45) is 0 Å². The summed E-state index contributed by atoms with van der Waals surface area (Å²) in [5.74, 6) is 0. The molecule has 0 saturated carbocycles. The van der Waals surface area contributed by atoms with Crippen molar-refractivity contribution in [2.45, 2.75) is 52.7 Å². The van der Waals surface area contributed by atoms with E-state index in [9.17, 15) is 10.2 Å². The minimum atomic E-state index is -1.52. The number of hydrogen-bond donors (Lipinski definition) is 2. The fourth-order valence-electron chi connectivity index (χ4n) is 8.76. The zero-order valence-corrected chi connectivity index (χ0v) is 27.3. The molecule has 2 N–H and O–H groups in total. The number of fused-ring (bicyclic) bond motifs is 5. The highest BCUT2D eigenvalue weighted by Gasteiger charge is 2.53. The van der Waals surface area contributed by atoms with Gasteiger partial charge in [-0.2, -0.15) is 0 Å². The molecule has 0 radical (unpaired) electrons. The molecule has 2 atom stereocenters. The van der Waals surface area contributed by atoms with Crippen molar-refractivity contribution >= 4 is 32.3 Å². The lowest BCUT2D eigenvalue weighted by atomic mass is 9.60. The maximum Gasteiger partial charge on any atom is 0.141 e. The summed E-state index contributed by atoms with van der Waals surface area (Å²) in [5.41, 5.74) is 7.99. The van der Waals surface area contributed by atoms with Gasteiger partial charge in [-0.3, -0.25) is 0 Å². The molecule has 0 amide bonds. The second kappa shape index (κ2) is 9.87. The fourth-order valence-corrected chi connectivity index (χ4v) is 8.76. The summed E-state index contributed by atoms with van der Waals surface area (Å²) < 4.78 is 0. The first-order valence-electron chi connectivity index (χ1n) is 16.1. The summed E-state index contributed by atoms with van der Waals surface area (Å²) in [5, 5.41) is 33.8. The standard InChI is InChI=1S/C44H38O2/c1-25-15-27(3)41(28(4)16-25)43(45)37-21-33-13-9-10-14-34(33)22-38(37)44(46,42-29(5)17-26(2)18-30(42)6)40-24-36-20-32-12-8-7-11-31(32)19-35(36)23-39(40)43/h7-24,45-46H,1-6H3. The lowest BCUT2D eigenvalue weighted by molar-refractivity contribution is 0.0739. The van der Waals surface area contributed by atoms with Gasteiger partial charge in [-0.15, -0.1) is 0 Å². The van der Waals surface area contributed by atoms with Crippen LogP contribution in [0.25, 0.3) is 32.3 Å². The summed E-state index contributed by atoms with van der Waals surface area (Å²) in [4.78, 5) is 0. The van der Waals surface area contributed by atoms with Crippen molar-refractivity contribution in [3.8, 4) is 0 Å². The number of benzene rings is 7. The normalized spacial score (nSPS) is 19.0. The second-order valence-electron chi connectivity index (χ2n) is 13.7. The Morgan fingerprint density at radius 2 is 0.609 bits per heavy atom.